The molecule has 0 aliphatic heterocycles. The van der Waals surface area contributed by atoms with Gasteiger partial charge in [0.15, 0.2) is 0 Å². The van der Waals surface area contributed by atoms with E-state index in [2.05, 4.69) is 22.4 Å². The second kappa shape index (κ2) is 8.36. The van der Waals surface area contributed by atoms with Crippen molar-refractivity contribution >= 4 is 17.7 Å². The van der Waals surface area contributed by atoms with Crippen molar-refractivity contribution in [3.8, 4) is 5.69 Å². The van der Waals surface area contributed by atoms with Crippen LogP contribution in [0.2, 0.25) is 0 Å². The zero-order valence-corrected chi connectivity index (χ0v) is 14.1. The molecule has 0 saturated heterocycles. The first-order valence-corrected chi connectivity index (χ1v) is 8.81. The van der Waals surface area contributed by atoms with Crippen molar-refractivity contribution in [3.63, 3.8) is 0 Å². The predicted octanol–water partition coefficient (Wildman–Crippen LogP) is 3.67. The molecule has 3 aromatic rings. The molecule has 4 nitrogen and oxygen atoms in total. The average Bonchev–Trinajstić information content (AvgIpc) is 3.16. The van der Waals surface area contributed by atoms with Crippen LogP contribution in [0.4, 0.5) is 0 Å². The van der Waals surface area contributed by atoms with Gasteiger partial charge < -0.3 is 9.88 Å². The first kappa shape index (κ1) is 16.3. The molecule has 3 rings (SSSR count). The zero-order chi connectivity index (χ0) is 16.6. The second-order valence-corrected chi connectivity index (χ2v) is 6.49. The van der Waals surface area contributed by atoms with Crippen LogP contribution in [-0.2, 0) is 11.3 Å². The number of hydrogen-bond donors (Lipinski definition) is 1. The number of thioether (sulfide) groups is 1. The molecule has 2 aromatic carbocycles. The number of nitrogens with zero attached hydrogens (tertiary/aromatic N) is 2. The summed E-state index contributed by atoms with van der Waals surface area (Å²) in [5.41, 5.74) is 2.14. The number of aromatic nitrogens is 2. The molecule has 1 amide bonds. The lowest BCUT2D eigenvalue weighted by Crippen LogP contribution is -2.22. The lowest BCUT2D eigenvalue weighted by Gasteiger charge is -2.07. The molecule has 1 N–H and O–H groups in total. The summed E-state index contributed by atoms with van der Waals surface area (Å²) in [6, 6.07) is 18.2. The third-order valence-corrected chi connectivity index (χ3v) is 4.58. The molecule has 0 atom stereocenters. The van der Waals surface area contributed by atoms with Crippen molar-refractivity contribution < 1.29 is 4.79 Å². The Bertz CT molecular complexity index is 755. The van der Waals surface area contributed by atoms with E-state index in [0.717, 1.165) is 17.0 Å². The van der Waals surface area contributed by atoms with Crippen LogP contribution in [0.15, 0.2) is 78.2 Å². The van der Waals surface area contributed by atoms with E-state index in [0.29, 0.717) is 13.0 Å². The van der Waals surface area contributed by atoms with Gasteiger partial charge >= 0.3 is 0 Å². The van der Waals surface area contributed by atoms with Crippen LogP contribution in [0.25, 0.3) is 5.69 Å². The Balaban J connectivity index is 1.41. The van der Waals surface area contributed by atoms with Crippen LogP contribution in [0.1, 0.15) is 12.0 Å². The molecule has 5 heteroatoms. The lowest BCUT2D eigenvalue weighted by molar-refractivity contribution is -0.120. The molecule has 0 unspecified atom stereocenters. The average molecular weight is 337 g/mol. The van der Waals surface area contributed by atoms with Crippen LogP contribution in [-0.4, -0.2) is 21.2 Å². The smallest absolute Gasteiger partial charge is 0.221 e. The highest BCUT2D eigenvalue weighted by molar-refractivity contribution is 7.99. The van der Waals surface area contributed by atoms with Gasteiger partial charge in [0.1, 0.15) is 0 Å². The normalized spacial score (nSPS) is 10.5. The number of nitrogens with one attached hydrogen (secondary N) is 1. The Hall–Kier alpha value is -2.53. The van der Waals surface area contributed by atoms with E-state index in [-0.39, 0.29) is 5.91 Å². The highest BCUT2D eigenvalue weighted by atomic mass is 32.2. The van der Waals surface area contributed by atoms with Gasteiger partial charge in [-0.05, 0) is 29.8 Å². The lowest BCUT2D eigenvalue weighted by atomic mass is 10.2. The topological polar surface area (TPSA) is 46.9 Å². The van der Waals surface area contributed by atoms with Gasteiger partial charge in [-0.3, -0.25) is 4.79 Å². The summed E-state index contributed by atoms with van der Waals surface area (Å²) < 4.78 is 1.95. The SMILES string of the molecule is O=C(CCSc1ccccc1)NCc1ccc(-n2ccnc2)cc1. The van der Waals surface area contributed by atoms with E-state index in [1.807, 2.05) is 53.2 Å². The molecule has 0 fully saturated rings. The van der Waals surface area contributed by atoms with Crippen molar-refractivity contribution in [2.75, 3.05) is 5.75 Å². The van der Waals surface area contributed by atoms with Crippen molar-refractivity contribution in [3.05, 3.63) is 78.9 Å². The molecule has 122 valence electrons. The number of hydrogen-bond acceptors (Lipinski definition) is 3. The Kier molecular flexibility index (Phi) is 5.69. The first-order chi connectivity index (χ1) is 11.8. The Morgan fingerprint density at radius 1 is 1.08 bits per heavy atom. The number of amides is 1. The standard InChI is InChI=1S/C19H19N3OS/c23-19(10-13-24-18-4-2-1-3-5-18)21-14-16-6-8-17(9-7-16)22-12-11-20-15-22/h1-9,11-12,15H,10,13-14H2,(H,21,23). The van der Waals surface area contributed by atoms with Crippen LogP contribution >= 0.6 is 11.8 Å². The summed E-state index contributed by atoms with van der Waals surface area (Å²) in [7, 11) is 0. The Labute approximate surface area is 145 Å². The third kappa shape index (κ3) is 4.73. The van der Waals surface area contributed by atoms with Crippen molar-refractivity contribution in [2.45, 2.75) is 17.9 Å². The molecular formula is C19H19N3OS. The van der Waals surface area contributed by atoms with E-state index >= 15 is 0 Å². The van der Waals surface area contributed by atoms with Gasteiger partial charge in [-0.25, -0.2) is 4.98 Å². The fourth-order valence-corrected chi connectivity index (χ4v) is 3.14. The summed E-state index contributed by atoms with van der Waals surface area (Å²) in [5, 5.41) is 2.97. The largest absolute Gasteiger partial charge is 0.352 e. The van der Waals surface area contributed by atoms with E-state index in [1.54, 1.807) is 24.3 Å². The number of imidazole rings is 1. The minimum atomic E-state index is 0.0807. The maximum absolute atomic E-state index is 11.9. The minimum absolute atomic E-state index is 0.0807. The number of carbonyl (C=O) groups is 1. The quantitative estimate of drug-likeness (QED) is 0.669. The highest BCUT2D eigenvalue weighted by Crippen LogP contribution is 2.17. The van der Waals surface area contributed by atoms with Crippen LogP contribution in [0.5, 0.6) is 0 Å². The van der Waals surface area contributed by atoms with E-state index in [4.69, 9.17) is 0 Å². The number of rotatable bonds is 7. The van der Waals surface area contributed by atoms with Gasteiger partial charge in [-0.1, -0.05) is 30.3 Å². The molecule has 0 aliphatic carbocycles. The van der Waals surface area contributed by atoms with Crippen LogP contribution < -0.4 is 5.32 Å². The van der Waals surface area contributed by atoms with Crippen molar-refractivity contribution in [1.29, 1.82) is 0 Å². The molecule has 0 aliphatic rings. The van der Waals surface area contributed by atoms with Gasteiger partial charge in [0.2, 0.25) is 5.91 Å². The third-order valence-electron chi connectivity index (χ3n) is 3.57. The highest BCUT2D eigenvalue weighted by Gasteiger charge is 2.03. The summed E-state index contributed by atoms with van der Waals surface area (Å²) in [6.45, 7) is 0.555. The zero-order valence-electron chi connectivity index (χ0n) is 13.3. The first-order valence-electron chi connectivity index (χ1n) is 7.83. The van der Waals surface area contributed by atoms with Gasteiger partial charge in [0, 0.05) is 41.7 Å². The van der Waals surface area contributed by atoms with E-state index < -0.39 is 0 Å². The van der Waals surface area contributed by atoms with Gasteiger partial charge in [0.05, 0.1) is 6.33 Å². The molecule has 0 bridgehead atoms. The number of benzene rings is 2. The van der Waals surface area contributed by atoms with Gasteiger partial charge in [-0.2, -0.15) is 0 Å². The van der Waals surface area contributed by atoms with Gasteiger partial charge in [0.25, 0.3) is 0 Å². The van der Waals surface area contributed by atoms with Gasteiger partial charge in [-0.15, -0.1) is 11.8 Å². The molecule has 0 saturated carbocycles. The number of carbonyl (C=O) groups excluding carboxylic acids is 1. The maximum atomic E-state index is 11.9. The maximum Gasteiger partial charge on any atom is 0.221 e. The predicted molar refractivity (Wildman–Crippen MR) is 97.2 cm³/mol. The summed E-state index contributed by atoms with van der Waals surface area (Å²) >= 11 is 1.70. The molecule has 24 heavy (non-hydrogen) atoms. The van der Waals surface area contributed by atoms with Crippen molar-refractivity contribution in [2.24, 2.45) is 0 Å². The van der Waals surface area contributed by atoms with E-state index in [9.17, 15) is 4.79 Å². The van der Waals surface area contributed by atoms with Crippen molar-refractivity contribution in [1.82, 2.24) is 14.9 Å². The fraction of sp³-hybridized carbons (Fsp3) is 0.158. The summed E-state index contributed by atoms with van der Waals surface area (Å²) in [6.07, 6.45) is 5.94. The molecule has 1 aromatic heterocycles. The molecular weight excluding hydrogens is 318 g/mol. The van der Waals surface area contributed by atoms with E-state index in [1.165, 1.54) is 4.90 Å². The van der Waals surface area contributed by atoms with Crippen LogP contribution in [0.3, 0.4) is 0 Å². The summed E-state index contributed by atoms with van der Waals surface area (Å²) in [5.74, 6) is 0.868. The summed E-state index contributed by atoms with van der Waals surface area (Å²) in [4.78, 5) is 17.2. The Morgan fingerprint density at radius 2 is 1.88 bits per heavy atom. The van der Waals surface area contributed by atoms with Crippen LogP contribution in [0, 0.1) is 0 Å². The molecule has 1 heterocycles. The minimum Gasteiger partial charge on any atom is -0.352 e. The Morgan fingerprint density at radius 3 is 2.58 bits per heavy atom. The monoisotopic (exact) mass is 337 g/mol. The molecule has 0 radical (unpaired) electrons. The second-order valence-electron chi connectivity index (χ2n) is 5.32. The molecule has 0 spiro atoms. The fourth-order valence-electron chi connectivity index (χ4n) is 2.27.